The Labute approximate surface area is 82.9 Å². The lowest BCUT2D eigenvalue weighted by molar-refractivity contribution is 0.562. The zero-order chi connectivity index (χ0) is 10.3. The summed E-state index contributed by atoms with van der Waals surface area (Å²) in [6, 6.07) is 3.60. The second-order valence-corrected chi connectivity index (χ2v) is 3.20. The van der Waals surface area contributed by atoms with E-state index in [0.717, 1.165) is 6.07 Å². The van der Waals surface area contributed by atoms with Gasteiger partial charge in [-0.2, -0.15) is 0 Å². The van der Waals surface area contributed by atoms with Crippen LogP contribution in [0.4, 0.5) is 10.1 Å². The molecule has 14 heavy (non-hydrogen) atoms. The van der Waals surface area contributed by atoms with Crippen molar-refractivity contribution in [3.05, 3.63) is 39.5 Å². The highest BCUT2D eigenvalue weighted by Gasteiger charge is 2.07. The third-order valence-corrected chi connectivity index (χ3v) is 2.06. The van der Waals surface area contributed by atoms with Gasteiger partial charge in [-0.05, 0) is 18.2 Å². The Kier molecular flexibility index (Phi) is 1.93. The van der Waals surface area contributed by atoms with Crippen LogP contribution in [0, 0.1) is 5.82 Å². The number of anilines is 1. The van der Waals surface area contributed by atoms with Crippen molar-refractivity contribution in [2.45, 2.75) is 0 Å². The first kappa shape index (κ1) is 9.02. The van der Waals surface area contributed by atoms with Gasteiger partial charge in [-0.3, -0.25) is 0 Å². The first-order chi connectivity index (χ1) is 6.58. The molecule has 1 aromatic carbocycles. The van der Waals surface area contributed by atoms with Gasteiger partial charge in [0.2, 0.25) is 0 Å². The molecule has 0 atom stereocenters. The lowest BCUT2D eigenvalue weighted by Gasteiger charge is -1.99. The van der Waals surface area contributed by atoms with E-state index in [-0.39, 0.29) is 16.3 Å². The van der Waals surface area contributed by atoms with E-state index in [2.05, 4.69) is 0 Å². The van der Waals surface area contributed by atoms with Crippen molar-refractivity contribution < 1.29 is 8.81 Å². The van der Waals surface area contributed by atoms with E-state index in [0.29, 0.717) is 5.39 Å². The highest BCUT2D eigenvalue weighted by molar-refractivity contribution is 6.34. The minimum atomic E-state index is -0.675. The van der Waals surface area contributed by atoms with Crippen molar-refractivity contribution in [2.24, 2.45) is 0 Å². The molecule has 0 saturated carbocycles. The van der Waals surface area contributed by atoms with Gasteiger partial charge < -0.3 is 10.2 Å². The SMILES string of the molecule is Nc1cc2cc(F)cc(Cl)c2oc1=O. The number of rotatable bonds is 0. The Morgan fingerprint density at radius 2 is 2.07 bits per heavy atom. The van der Waals surface area contributed by atoms with Crippen molar-refractivity contribution >= 4 is 28.3 Å². The smallest absolute Gasteiger partial charge is 0.359 e. The van der Waals surface area contributed by atoms with E-state index in [1.54, 1.807) is 0 Å². The molecule has 2 rings (SSSR count). The number of nitrogen functional groups attached to an aromatic ring is 1. The van der Waals surface area contributed by atoms with Gasteiger partial charge in [-0.15, -0.1) is 0 Å². The van der Waals surface area contributed by atoms with Gasteiger partial charge in [-0.1, -0.05) is 11.6 Å². The average Bonchev–Trinajstić information content (AvgIpc) is 2.08. The molecule has 0 aliphatic carbocycles. The maximum Gasteiger partial charge on any atom is 0.359 e. The average molecular weight is 214 g/mol. The molecule has 3 nitrogen and oxygen atoms in total. The first-order valence-electron chi connectivity index (χ1n) is 3.76. The molecule has 1 aromatic heterocycles. The van der Waals surface area contributed by atoms with Crippen LogP contribution in [-0.4, -0.2) is 0 Å². The molecule has 0 fully saturated rings. The molecule has 5 heteroatoms. The highest BCUT2D eigenvalue weighted by atomic mass is 35.5. The zero-order valence-electron chi connectivity index (χ0n) is 6.88. The summed E-state index contributed by atoms with van der Waals surface area (Å²) in [7, 11) is 0. The summed E-state index contributed by atoms with van der Waals surface area (Å²) in [6.45, 7) is 0. The monoisotopic (exact) mass is 213 g/mol. The fourth-order valence-corrected chi connectivity index (χ4v) is 1.43. The predicted octanol–water partition coefficient (Wildman–Crippen LogP) is 2.17. The van der Waals surface area contributed by atoms with E-state index in [1.807, 2.05) is 0 Å². The molecule has 0 unspecified atom stereocenters. The summed E-state index contributed by atoms with van der Waals surface area (Å²) in [6.07, 6.45) is 0. The number of hydrogen-bond acceptors (Lipinski definition) is 3. The molecule has 0 bridgehead atoms. The minimum Gasteiger partial charge on any atom is -0.420 e. The summed E-state index contributed by atoms with van der Waals surface area (Å²) in [5.41, 5.74) is 4.71. The molecule has 0 aliphatic heterocycles. The molecule has 2 aromatic rings. The molecule has 0 aliphatic rings. The topological polar surface area (TPSA) is 56.2 Å². The Morgan fingerprint density at radius 1 is 1.36 bits per heavy atom. The van der Waals surface area contributed by atoms with Crippen LogP contribution < -0.4 is 11.4 Å². The summed E-state index contributed by atoms with van der Waals surface area (Å²) in [4.78, 5) is 11.0. The van der Waals surface area contributed by atoms with Crippen molar-refractivity contribution in [1.29, 1.82) is 0 Å². The quantitative estimate of drug-likeness (QED) is 0.683. The van der Waals surface area contributed by atoms with Crippen LogP contribution in [-0.2, 0) is 0 Å². The standard InChI is InChI=1S/C9H5ClFNO2/c10-6-3-5(11)1-4-2-7(12)9(13)14-8(4)6/h1-3H,12H2. The third kappa shape index (κ3) is 1.33. The zero-order valence-corrected chi connectivity index (χ0v) is 7.64. The number of nitrogens with two attached hydrogens (primary N) is 1. The number of hydrogen-bond donors (Lipinski definition) is 1. The van der Waals surface area contributed by atoms with Crippen LogP contribution in [0.15, 0.2) is 27.4 Å². The normalized spacial score (nSPS) is 10.7. The van der Waals surface area contributed by atoms with Crippen LogP contribution in [0.25, 0.3) is 11.0 Å². The lowest BCUT2D eigenvalue weighted by Crippen LogP contribution is -2.05. The second kappa shape index (κ2) is 2.99. The summed E-state index contributed by atoms with van der Waals surface area (Å²) in [5, 5.41) is 0.421. The van der Waals surface area contributed by atoms with Gasteiger partial charge in [0.25, 0.3) is 0 Å². The molecular weight excluding hydrogens is 209 g/mol. The Bertz CT molecular complexity index is 564. The molecule has 72 valence electrons. The summed E-state index contributed by atoms with van der Waals surface area (Å²) >= 11 is 5.67. The molecule has 0 saturated heterocycles. The Hall–Kier alpha value is -1.55. The summed E-state index contributed by atoms with van der Waals surface area (Å²) in [5.74, 6) is -0.504. The van der Waals surface area contributed by atoms with Gasteiger partial charge in [0.05, 0.1) is 5.02 Å². The van der Waals surface area contributed by atoms with Crippen LogP contribution >= 0.6 is 11.6 Å². The van der Waals surface area contributed by atoms with Crippen LogP contribution in [0.3, 0.4) is 0 Å². The second-order valence-electron chi connectivity index (χ2n) is 2.80. The fraction of sp³-hybridized carbons (Fsp3) is 0. The number of benzene rings is 1. The lowest BCUT2D eigenvalue weighted by atomic mass is 10.2. The van der Waals surface area contributed by atoms with Crippen molar-refractivity contribution in [1.82, 2.24) is 0 Å². The molecule has 0 amide bonds. The van der Waals surface area contributed by atoms with Crippen molar-refractivity contribution in [2.75, 3.05) is 5.73 Å². The number of fused-ring (bicyclic) bond motifs is 1. The van der Waals surface area contributed by atoms with Gasteiger partial charge in [-0.25, -0.2) is 9.18 Å². The summed E-state index contributed by atoms with van der Waals surface area (Å²) < 4.78 is 17.7. The van der Waals surface area contributed by atoms with E-state index >= 15 is 0 Å². The van der Waals surface area contributed by atoms with E-state index < -0.39 is 11.4 Å². The Morgan fingerprint density at radius 3 is 2.79 bits per heavy atom. The van der Waals surface area contributed by atoms with E-state index in [1.165, 1.54) is 12.1 Å². The maximum atomic E-state index is 12.9. The van der Waals surface area contributed by atoms with Gasteiger partial charge >= 0.3 is 5.63 Å². The molecule has 1 heterocycles. The van der Waals surface area contributed by atoms with Gasteiger partial charge in [0.1, 0.15) is 11.5 Å². The van der Waals surface area contributed by atoms with Crippen LogP contribution in [0.1, 0.15) is 0 Å². The molecular formula is C9H5ClFNO2. The van der Waals surface area contributed by atoms with Crippen LogP contribution in [0.2, 0.25) is 5.02 Å². The molecule has 0 radical (unpaired) electrons. The van der Waals surface area contributed by atoms with Gasteiger partial charge in [0.15, 0.2) is 5.58 Å². The minimum absolute atomic E-state index is 0.0529. The highest BCUT2D eigenvalue weighted by Crippen LogP contribution is 2.24. The first-order valence-corrected chi connectivity index (χ1v) is 4.14. The van der Waals surface area contributed by atoms with Crippen molar-refractivity contribution in [3.8, 4) is 0 Å². The number of halogens is 2. The van der Waals surface area contributed by atoms with Gasteiger partial charge in [0, 0.05) is 5.39 Å². The fourth-order valence-electron chi connectivity index (χ4n) is 1.17. The molecule has 0 spiro atoms. The van der Waals surface area contributed by atoms with E-state index in [4.69, 9.17) is 21.8 Å². The largest absolute Gasteiger partial charge is 0.420 e. The van der Waals surface area contributed by atoms with E-state index in [9.17, 15) is 9.18 Å². The van der Waals surface area contributed by atoms with Crippen molar-refractivity contribution in [3.63, 3.8) is 0 Å². The van der Waals surface area contributed by atoms with Crippen LogP contribution in [0.5, 0.6) is 0 Å². The maximum absolute atomic E-state index is 12.9. The molecule has 2 N–H and O–H groups in total. The predicted molar refractivity (Wildman–Crippen MR) is 51.9 cm³/mol. The third-order valence-electron chi connectivity index (χ3n) is 1.78. The Balaban J connectivity index is 2.96.